The molecule has 3 atom stereocenters. The van der Waals surface area contributed by atoms with Crippen LogP contribution in [0.1, 0.15) is 13.3 Å². The lowest BCUT2D eigenvalue weighted by Crippen LogP contribution is -2.47. The molecule has 0 radical (unpaired) electrons. The first-order valence-electron chi connectivity index (χ1n) is 4.81. The van der Waals surface area contributed by atoms with Gasteiger partial charge in [-0.05, 0) is 20.4 Å². The van der Waals surface area contributed by atoms with E-state index < -0.39 is 0 Å². The zero-order chi connectivity index (χ0) is 9.42. The van der Waals surface area contributed by atoms with Crippen molar-refractivity contribution in [2.45, 2.75) is 30.7 Å². The maximum atomic E-state index is 11.8. The Bertz CT molecular complexity index is 222. The Hall–Kier alpha value is -0.220. The minimum Gasteiger partial charge on any atom is -0.336 e. The van der Waals surface area contributed by atoms with Crippen LogP contribution in [0.2, 0.25) is 0 Å². The maximum Gasteiger partial charge on any atom is 0.239 e. The summed E-state index contributed by atoms with van der Waals surface area (Å²) in [6, 6.07) is 0.502. The van der Waals surface area contributed by atoms with E-state index in [0.717, 1.165) is 17.5 Å². The van der Waals surface area contributed by atoms with Crippen molar-refractivity contribution < 1.29 is 4.79 Å². The van der Waals surface area contributed by atoms with E-state index in [1.807, 2.05) is 25.7 Å². The van der Waals surface area contributed by atoms with Crippen LogP contribution >= 0.6 is 11.8 Å². The highest BCUT2D eigenvalue weighted by atomic mass is 32.2. The topological polar surface area (TPSA) is 32.3 Å². The zero-order valence-electron chi connectivity index (χ0n) is 8.12. The van der Waals surface area contributed by atoms with Crippen molar-refractivity contribution in [2.24, 2.45) is 0 Å². The first kappa shape index (κ1) is 9.34. The van der Waals surface area contributed by atoms with E-state index in [1.165, 1.54) is 6.42 Å². The molecule has 1 N–H and O–H groups in total. The standard InChI is InChI=1S/C9H16N2OS/c1-6(10-2)9(12)11-4-8-3-7(11)5-13-8/h6-8,10H,3-5H2,1-2H3/t6-,7?,8?/m0/s1. The van der Waals surface area contributed by atoms with Gasteiger partial charge in [0.25, 0.3) is 0 Å². The lowest BCUT2D eigenvalue weighted by atomic mass is 10.2. The molecule has 2 bridgehead atoms. The minimum atomic E-state index is -0.0238. The summed E-state index contributed by atoms with van der Waals surface area (Å²) < 4.78 is 0. The highest BCUT2D eigenvalue weighted by Crippen LogP contribution is 2.37. The predicted octanol–water partition coefficient (Wildman–Crippen LogP) is 0.311. The summed E-state index contributed by atoms with van der Waals surface area (Å²) in [7, 11) is 1.84. The van der Waals surface area contributed by atoms with Gasteiger partial charge >= 0.3 is 0 Å². The molecule has 1 amide bonds. The molecule has 2 rings (SSSR count). The second kappa shape index (κ2) is 3.50. The number of nitrogens with one attached hydrogen (secondary N) is 1. The van der Waals surface area contributed by atoms with Gasteiger partial charge < -0.3 is 10.2 Å². The zero-order valence-corrected chi connectivity index (χ0v) is 8.93. The number of hydrogen-bond acceptors (Lipinski definition) is 3. The fourth-order valence-electron chi connectivity index (χ4n) is 2.04. The quantitative estimate of drug-likeness (QED) is 0.696. The molecule has 0 aromatic heterocycles. The molecule has 2 fully saturated rings. The molecule has 2 aliphatic heterocycles. The molecule has 74 valence electrons. The van der Waals surface area contributed by atoms with Crippen LogP contribution in [-0.4, -0.2) is 47.5 Å². The molecule has 2 saturated heterocycles. The number of likely N-dealkylation sites (N-methyl/N-ethyl adjacent to an activating group) is 1. The van der Waals surface area contributed by atoms with Crippen LogP contribution in [0.15, 0.2) is 0 Å². The van der Waals surface area contributed by atoms with Crippen LogP contribution < -0.4 is 5.32 Å². The van der Waals surface area contributed by atoms with Crippen LogP contribution in [0.4, 0.5) is 0 Å². The van der Waals surface area contributed by atoms with E-state index in [9.17, 15) is 4.79 Å². The van der Waals surface area contributed by atoms with Crippen LogP contribution in [0.5, 0.6) is 0 Å². The largest absolute Gasteiger partial charge is 0.336 e. The molecule has 0 aromatic carbocycles. The summed E-state index contributed by atoms with van der Waals surface area (Å²) in [5, 5.41) is 3.72. The van der Waals surface area contributed by atoms with Gasteiger partial charge in [-0.1, -0.05) is 0 Å². The first-order valence-corrected chi connectivity index (χ1v) is 5.86. The number of hydrogen-bond donors (Lipinski definition) is 1. The van der Waals surface area contributed by atoms with Gasteiger partial charge in [-0.15, -0.1) is 0 Å². The Morgan fingerprint density at radius 3 is 2.92 bits per heavy atom. The summed E-state index contributed by atoms with van der Waals surface area (Å²) in [4.78, 5) is 13.9. The lowest BCUT2D eigenvalue weighted by molar-refractivity contribution is -0.133. The smallest absolute Gasteiger partial charge is 0.239 e. The SMILES string of the molecule is CN[C@@H](C)C(=O)N1CC2CC1CS2. The molecule has 4 heteroatoms. The Morgan fingerprint density at radius 1 is 1.69 bits per heavy atom. The molecule has 3 nitrogen and oxygen atoms in total. The van der Waals surface area contributed by atoms with Gasteiger partial charge in [0.05, 0.1) is 6.04 Å². The number of likely N-dealkylation sites (tertiary alicyclic amines) is 1. The van der Waals surface area contributed by atoms with Gasteiger partial charge in [0.1, 0.15) is 0 Å². The molecular formula is C9H16N2OS. The average Bonchev–Trinajstić information content (AvgIpc) is 2.76. The van der Waals surface area contributed by atoms with Crippen molar-refractivity contribution in [3.63, 3.8) is 0 Å². The molecule has 2 aliphatic rings. The Kier molecular flexibility index (Phi) is 2.51. The molecule has 13 heavy (non-hydrogen) atoms. The van der Waals surface area contributed by atoms with Crippen LogP contribution in [-0.2, 0) is 4.79 Å². The summed E-state index contributed by atoms with van der Waals surface area (Å²) in [6.45, 7) is 2.90. The summed E-state index contributed by atoms with van der Waals surface area (Å²) in [5.41, 5.74) is 0. The van der Waals surface area contributed by atoms with Crippen LogP contribution in [0.25, 0.3) is 0 Å². The van der Waals surface area contributed by atoms with Crippen molar-refractivity contribution in [3.8, 4) is 0 Å². The Labute approximate surface area is 83.2 Å². The molecule has 0 saturated carbocycles. The lowest BCUT2D eigenvalue weighted by Gasteiger charge is -2.29. The fraction of sp³-hybridized carbons (Fsp3) is 0.889. The van der Waals surface area contributed by atoms with Crippen LogP contribution in [0.3, 0.4) is 0 Å². The number of carbonyl (C=O) groups excluding carboxylic acids is 1. The van der Waals surface area contributed by atoms with E-state index >= 15 is 0 Å². The highest BCUT2D eigenvalue weighted by Gasteiger charge is 2.41. The molecule has 0 aliphatic carbocycles. The van der Waals surface area contributed by atoms with Crippen molar-refractivity contribution in [1.29, 1.82) is 0 Å². The third-order valence-corrected chi connectivity index (χ3v) is 4.38. The normalized spacial score (nSPS) is 33.8. The molecule has 2 heterocycles. The highest BCUT2D eigenvalue weighted by molar-refractivity contribution is 8.00. The number of nitrogens with zero attached hydrogens (tertiary/aromatic N) is 1. The number of rotatable bonds is 2. The number of fused-ring (bicyclic) bond motifs is 2. The van der Waals surface area contributed by atoms with Crippen molar-refractivity contribution >= 4 is 17.7 Å². The minimum absolute atomic E-state index is 0.0238. The monoisotopic (exact) mass is 200 g/mol. The fourth-order valence-corrected chi connectivity index (χ4v) is 3.48. The van der Waals surface area contributed by atoms with Gasteiger partial charge in [-0.25, -0.2) is 0 Å². The third kappa shape index (κ3) is 1.57. The summed E-state index contributed by atoms with van der Waals surface area (Å²) in [5.74, 6) is 1.42. The molecular weight excluding hydrogens is 184 g/mol. The summed E-state index contributed by atoms with van der Waals surface area (Å²) >= 11 is 2.02. The van der Waals surface area contributed by atoms with Gasteiger partial charge in [0, 0.05) is 23.6 Å². The van der Waals surface area contributed by atoms with Crippen molar-refractivity contribution in [1.82, 2.24) is 10.2 Å². The number of amides is 1. The van der Waals surface area contributed by atoms with Crippen molar-refractivity contribution in [3.05, 3.63) is 0 Å². The molecule has 0 spiro atoms. The molecule has 0 aromatic rings. The number of thioether (sulfide) groups is 1. The summed E-state index contributed by atoms with van der Waals surface area (Å²) in [6.07, 6.45) is 1.22. The van der Waals surface area contributed by atoms with Gasteiger partial charge in [0.15, 0.2) is 0 Å². The second-order valence-corrected chi connectivity index (χ2v) is 5.18. The van der Waals surface area contributed by atoms with E-state index in [-0.39, 0.29) is 11.9 Å². The second-order valence-electron chi connectivity index (χ2n) is 3.85. The number of carbonyl (C=O) groups is 1. The van der Waals surface area contributed by atoms with Gasteiger partial charge in [-0.2, -0.15) is 11.8 Å². The predicted molar refractivity (Wildman–Crippen MR) is 54.9 cm³/mol. The first-order chi connectivity index (χ1) is 6.22. The van der Waals surface area contributed by atoms with E-state index in [1.54, 1.807) is 0 Å². The third-order valence-electron chi connectivity index (χ3n) is 2.99. The molecule has 2 unspecified atom stereocenters. The average molecular weight is 200 g/mol. The Morgan fingerprint density at radius 2 is 2.46 bits per heavy atom. The van der Waals surface area contributed by atoms with Crippen molar-refractivity contribution in [2.75, 3.05) is 19.3 Å². The van der Waals surface area contributed by atoms with E-state index in [2.05, 4.69) is 10.2 Å². The van der Waals surface area contributed by atoms with Gasteiger partial charge in [0.2, 0.25) is 5.91 Å². The Balaban J connectivity index is 1.98. The van der Waals surface area contributed by atoms with Gasteiger partial charge in [-0.3, -0.25) is 4.79 Å². The van der Waals surface area contributed by atoms with Crippen LogP contribution in [0, 0.1) is 0 Å². The maximum absolute atomic E-state index is 11.8. The van der Waals surface area contributed by atoms with E-state index in [4.69, 9.17) is 0 Å². The van der Waals surface area contributed by atoms with E-state index in [0.29, 0.717) is 6.04 Å².